The molecule has 0 saturated carbocycles. The van der Waals surface area contributed by atoms with Gasteiger partial charge in [0.05, 0.1) is 11.0 Å². The van der Waals surface area contributed by atoms with Gasteiger partial charge in [-0.1, -0.05) is 11.8 Å². The Morgan fingerprint density at radius 3 is 2.75 bits per heavy atom. The molecule has 0 saturated heterocycles. The first-order valence-electron chi connectivity index (χ1n) is 4.27. The van der Waals surface area contributed by atoms with Crippen LogP contribution in [0.1, 0.15) is 0 Å². The monoisotopic (exact) mass is 248 g/mol. The largest absolute Gasteiger partial charge is 0.573 e. The van der Waals surface area contributed by atoms with E-state index in [1.807, 2.05) is 6.26 Å². The third kappa shape index (κ3) is 2.41. The molecule has 86 valence electrons. The van der Waals surface area contributed by atoms with Crippen molar-refractivity contribution in [2.24, 2.45) is 0 Å². The van der Waals surface area contributed by atoms with E-state index in [1.165, 1.54) is 30.0 Å². The number of H-pyrrole nitrogens is 1. The Kier molecular flexibility index (Phi) is 2.71. The molecule has 0 radical (unpaired) electrons. The zero-order valence-electron chi connectivity index (χ0n) is 8.13. The molecule has 0 fully saturated rings. The summed E-state index contributed by atoms with van der Waals surface area (Å²) in [6.45, 7) is 0. The first kappa shape index (κ1) is 11.1. The summed E-state index contributed by atoms with van der Waals surface area (Å²) in [5.74, 6) is -0.253. The Hall–Kier alpha value is -1.37. The third-order valence-corrected chi connectivity index (χ3v) is 2.44. The topological polar surface area (TPSA) is 37.9 Å². The molecule has 2 aromatic rings. The second-order valence-electron chi connectivity index (χ2n) is 2.97. The smallest absolute Gasteiger partial charge is 0.406 e. The summed E-state index contributed by atoms with van der Waals surface area (Å²) in [5.41, 5.74) is 1.13. The fourth-order valence-corrected chi connectivity index (χ4v) is 1.66. The van der Waals surface area contributed by atoms with Crippen molar-refractivity contribution in [2.45, 2.75) is 11.5 Å². The number of imidazole rings is 1. The number of benzene rings is 1. The Morgan fingerprint density at radius 1 is 1.38 bits per heavy atom. The highest BCUT2D eigenvalue weighted by atomic mass is 32.2. The van der Waals surface area contributed by atoms with Gasteiger partial charge >= 0.3 is 6.36 Å². The minimum absolute atomic E-state index is 0.253. The molecule has 0 spiro atoms. The summed E-state index contributed by atoms with van der Waals surface area (Å²) in [7, 11) is 0. The van der Waals surface area contributed by atoms with E-state index in [2.05, 4.69) is 14.7 Å². The molecule has 0 unspecified atom stereocenters. The molecule has 1 aromatic heterocycles. The number of hydrogen-bond donors (Lipinski definition) is 1. The molecule has 0 atom stereocenters. The molecule has 7 heteroatoms. The van der Waals surface area contributed by atoms with Crippen LogP contribution in [-0.4, -0.2) is 22.6 Å². The highest BCUT2D eigenvalue weighted by Gasteiger charge is 2.31. The fraction of sp³-hybridized carbons (Fsp3) is 0.222. The zero-order valence-corrected chi connectivity index (χ0v) is 8.95. The number of fused-ring (bicyclic) bond motifs is 1. The van der Waals surface area contributed by atoms with Gasteiger partial charge in [0.15, 0.2) is 5.16 Å². The molecule has 0 aliphatic heterocycles. The van der Waals surface area contributed by atoms with Gasteiger partial charge in [0, 0.05) is 6.07 Å². The molecular weight excluding hydrogens is 241 g/mol. The number of rotatable bonds is 2. The maximum Gasteiger partial charge on any atom is 0.573 e. The van der Waals surface area contributed by atoms with Crippen LogP contribution < -0.4 is 4.74 Å². The third-order valence-electron chi connectivity index (χ3n) is 1.86. The van der Waals surface area contributed by atoms with E-state index in [-0.39, 0.29) is 5.75 Å². The molecule has 1 aromatic carbocycles. The predicted octanol–water partition coefficient (Wildman–Crippen LogP) is 3.18. The first-order valence-corrected chi connectivity index (χ1v) is 5.50. The molecular formula is C9H7F3N2OS. The Bertz CT molecular complexity index is 509. The Morgan fingerprint density at radius 2 is 2.12 bits per heavy atom. The van der Waals surface area contributed by atoms with Crippen molar-refractivity contribution in [2.75, 3.05) is 6.26 Å². The summed E-state index contributed by atoms with van der Waals surface area (Å²) in [6, 6.07) is 3.99. The molecule has 0 aliphatic rings. The van der Waals surface area contributed by atoms with Gasteiger partial charge in [0.25, 0.3) is 0 Å². The lowest BCUT2D eigenvalue weighted by Crippen LogP contribution is -2.16. The molecule has 3 nitrogen and oxygen atoms in total. The van der Waals surface area contributed by atoms with E-state index in [0.29, 0.717) is 16.2 Å². The molecule has 0 bridgehead atoms. The number of nitrogens with zero attached hydrogens (tertiary/aromatic N) is 1. The maximum atomic E-state index is 12.0. The highest BCUT2D eigenvalue weighted by Crippen LogP contribution is 2.26. The van der Waals surface area contributed by atoms with Gasteiger partial charge in [-0.15, -0.1) is 13.2 Å². The van der Waals surface area contributed by atoms with Crippen molar-refractivity contribution in [3.05, 3.63) is 18.2 Å². The van der Waals surface area contributed by atoms with Crippen LogP contribution in [0.2, 0.25) is 0 Å². The van der Waals surface area contributed by atoms with Crippen molar-refractivity contribution in [3.63, 3.8) is 0 Å². The molecule has 1 N–H and O–H groups in total. The maximum absolute atomic E-state index is 12.0. The van der Waals surface area contributed by atoms with Crippen LogP contribution >= 0.6 is 11.8 Å². The van der Waals surface area contributed by atoms with E-state index in [9.17, 15) is 13.2 Å². The average molecular weight is 248 g/mol. The quantitative estimate of drug-likeness (QED) is 0.829. The van der Waals surface area contributed by atoms with Gasteiger partial charge < -0.3 is 9.72 Å². The highest BCUT2D eigenvalue weighted by molar-refractivity contribution is 7.98. The molecule has 16 heavy (non-hydrogen) atoms. The second-order valence-corrected chi connectivity index (χ2v) is 3.77. The normalized spacial score (nSPS) is 12.0. The van der Waals surface area contributed by atoms with Crippen molar-refractivity contribution < 1.29 is 17.9 Å². The Balaban J connectivity index is 2.36. The van der Waals surface area contributed by atoms with E-state index >= 15 is 0 Å². The number of alkyl halides is 3. The average Bonchev–Trinajstić information content (AvgIpc) is 2.57. The summed E-state index contributed by atoms with van der Waals surface area (Å²) < 4.78 is 39.7. The van der Waals surface area contributed by atoms with Gasteiger partial charge in [0.1, 0.15) is 5.75 Å². The van der Waals surface area contributed by atoms with E-state index in [4.69, 9.17) is 0 Å². The van der Waals surface area contributed by atoms with Crippen LogP contribution in [0.4, 0.5) is 13.2 Å². The molecule has 0 amide bonds. The minimum atomic E-state index is -4.67. The van der Waals surface area contributed by atoms with E-state index in [0.717, 1.165) is 0 Å². The van der Waals surface area contributed by atoms with Crippen LogP contribution in [-0.2, 0) is 0 Å². The van der Waals surface area contributed by atoms with E-state index in [1.54, 1.807) is 0 Å². The number of thioether (sulfide) groups is 1. The van der Waals surface area contributed by atoms with Gasteiger partial charge in [-0.05, 0) is 18.4 Å². The number of aromatic amines is 1. The number of hydrogen-bond acceptors (Lipinski definition) is 3. The standard InChI is InChI=1S/C9H7F3N2OS/c1-16-8-13-6-3-2-5(4-7(6)14-8)15-9(10,11)12/h2-4H,1H3,(H,13,14). The predicted molar refractivity (Wildman–Crippen MR) is 54.6 cm³/mol. The SMILES string of the molecule is CSc1nc2ccc(OC(F)(F)F)cc2[nH]1. The van der Waals surface area contributed by atoms with Crippen molar-refractivity contribution in [1.82, 2.24) is 9.97 Å². The number of nitrogens with one attached hydrogen (secondary N) is 1. The molecule has 0 aliphatic carbocycles. The van der Waals surface area contributed by atoms with Gasteiger partial charge in [-0.2, -0.15) is 0 Å². The minimum Gasteiger partial charge on any atom is -0.406 e. The van der Waals surface area contributed by atoms with Crippen molar-refractivity contribution in [1.29, 1.82) is 0 Å². The fourth-order valence-electron chi connectivity index (χ4n) is 1.26. The van der Waals surface area contributed by atoms with Crippen LogP contribution in [0.3, 0.4) is 0 Å². The van der Waals surface area contributed by atoms with Gasteiger partial charge in [0.2, 0.25) is 0 Å². The lowest BCUT2D eigenvalue weighted by molar-refractivity contribution is -0.274. The summed E-state index contributed by atoms with van der Waals surface area (Å²) in [6.07, 6.45) is -2.85. The van der Waals surface area contributed by atoms with Crippen LogP contribution in [0.5, 0.6) is 5.75 Å². The summed E-state index contributed by atoms with van der Waals surface area (Å²) >= 11 is 1.38. The van der Waals surface area contributed by atoms with Crippen LogP contribution in [0.25, 0.3) is 11.0 Å². The Labute approximate surface area is 93.0 Å². The molecule has 2 rings (SSSR count). The summed E-state index contributed by atoms with van der Waals surface area (Å²) in [4.78, 5) is 7.02. The summed E-state index contributed by atoms with van der Waals surface area (Å²) in [5, 5.41) is 0.652. The molecule has 1 heterocycles. The second kappa shape index (κ2) is 3.89. The van der Waals surface area contributed by atoms with Crippen molar-refractivity contribution >= 4 is 22.8 Å². The van der Waals surface area contributed by atoms with E-state index < -0.39 is 6.36 Å². The zero-order chi connectivity index (χ0) is 11.8. The lowest BCUT2D eigenvalue weighted by atomic mass is 10.3. The number of aromatic nitrogens is 2. The van der Waals surface area contributed by atoms with Crippen molar-refractivity contribution in [3.8, 4) is 5.75 Å². The van der Waals surface area contributed by atoms with Crippen LogP contribution in [0.15, 0.2) is 23.4 Å². The van der Waals surface area contributed by atoms with Gasteiger partial charge in [-0.25, -0.2) is 4.98 Å². The number of ether oxygens (including phenoxy) is 1. The lowest BCUT2D eigenvalue weighted by Gasteiger charge is -2.07. The van der Waals surface area contributed by atoms with Gasteiger partial charge in [-0.3, -0.25) is 0 Å². The number of halogens is 3. The first-order chi connectivity index (χ1) is 7.48. The van der Waals surface area contributed by atoms with Crippen LogP contribution in [0, 0.1) is 0 Å².